The Morgan fingerprint density at radius 3 is 1.76 bits per heavy atom. The quantitative estimate of drug-likeness (QED) is 0.141. The van der Waals surface area contributed by atoms with Crippen molar-refractivity contribution in [2.24, 2.45) is 0 Å². The van der Waals surface area contributed by atoms with Gasteiger partial charge in [0.2, 0.25) is 0 Å². The molecule has 0 saturated carbocycles. The number of rotatable bonds is 10. The summed E-state index contributed by atoms with van der Waals surface area (Å²) in [6, 6.07) is 37.3. The second-order valence-corrected chi connectivity index (χ2v) is 15.9. The number of ether oxygens (including phenoxy) is 2. The number of aromatic nitrogens is 8. The molecule has 8 aromatic rings. The molecular weight excluding hydrogens is 866 g/mol. The summed E-state index contributed by atoms with van der Waals surface area (Å²) in [4.78, 5) is 22.7. The number of anilines is 3. The summed E-state index contributed by atoms with van der Waals surface area (Å²) >= 11 is 3.50. The smallest absolute Gasteiger partial charge is 0.167 e. The van der Waals surface area contributed by atoms with Crippen molar-refractivity contribution in [3.63, 3.8) is 0 Å². The number of nitrogens with two attached hydrogens (primary N) is 1. The minimum absolute atomic E-state index is 0. The van der Waals surface area contributed by atoms with Crippen LogP contribution in [0.4, 0.5) is 17.5 Å². The maximum Gasteiger partial charge on any atom is 0.167 e. The molecule has 2 unspecified atom stereocenters. The van der Waals surface area contributed by atoms with E-state index in [1.165, 1.54) is 19.3 Å². The number of hydrogen-bond acceptors (Lipinski definition) is 11. The van der Waals surface area contributed by atoms with Gasteiger partial charge in [-0.2, -0.15) is 10.2 Å². The van der Waals surface area contributed by atoms with Gasteiger partial charge >= 0.3 is 0 Å². The summed E-state index contributed by atoms with van der Waals surface area (Å²) in [5.41, 5.74) is 13.6. The Hall–Kier alpha value is -5.93. The van der Waals surface area contributed by atoms with Crippen LogP contribution in [0.15, 0.2) is 138 Å². The van der Waals surface area contributed by atoms with Crippen molar-refractivity contribution < 1.29 is 9.47 Å². The monoisotopic (exact) mass is 915 g/mol. The molecule has 0 spiro atoms. The van der Waals surface area contributed by atoms with Gasteiger partial charge in [-0.05, 0) is 78.0 Å². The highest BCUT2D eigenvalue weighted by Gasteiger charge is 2.26. The van der Waals surface area contributed by atoms with Crippen LogP contribution in [0.25, 0.3) is 33.8 Å². The summed E-state index contributed by atoms with van der Waals surface area (Å²) in [6.45, 7) is 3.58. The van der Waals surface area contributed by atoms with E-state index < -0.39 is 0 Å². The van der Waals surface area contributed by atoms with Gasteiger partial charge in [0.15, 0.2) is 11.3 Å². The fraction of sp³-hybridized carbons (Fsp3) is 0.277. The molecule has 2 aliphatic rings. The van der Waals surface area contributed by atoms with E-state index in [9.17, 15) is 0 Å². The minimum Gasteiger partial charge on any atom is -0.384 e. The van der Waals surface area contributed by atoms with Crippen LogP contribution < -0.4 is 15.5 Å². The zero-order valence-corrected chi connectivity index (χ0v) is 37.3. The van der Waals surface area contributed by atoms with Crippen molar-refractivity contribution in [3.05, 3.63) is 150 Å². The fourth-order valence-corrected chi connectivity index (χ4v) is 8.52. The Labute approximate surface area is 376 Å². The summed E-state index contributed by atoms with van der Waals surface area (Å²) in [7, 11) is 3.51. The van der Waals surface area contributed by atoms with Gasteiger partial charge in [-0.3, -0.25) is 0 Å². The predicted octanol–water partition coefficient (Wildman–Crippen LogP) is 8.86. The average Bonchev–Trinajstić information content (AvgIpc) is 4.14. The maximum atomic E-state index is 5.68. The van der Waals surface area contributed by atoms with E-state index in [2.05, 4.69) is 82.2 Å². The van der Waals surface area contributed by atoms with Crippen LogP contribution in [0.5, 0.6) is 0 Å². The molecular formula is C47H51BrClN11O2. The van der Waals surface area contributed by atoms with Crippen molar-refractivity contribution in [2.45, 2.75) is 44.2 Å². The molecule has 2 aromatic carbocycles. The van der Waals surface area contributed by atoms with E-state index >= 15 is 0 Å². The van der Waals surface area contributed by atoms with Crippen LogP contribution in [0.3, 0.4) is 0 Å². The number of halogens is 2. The number of fused-ring (bicyclic) bond motifs is 2. The van der Waals surface area contributed by atoms with E-state index in [1.807, 2.05) is 89.7 Å². The molecule has 2 N–H and O–H groups in total. The number of pyridine rings is 2. The number of benzene rings is 2. The van der Waals surface area contributed by atoms with Crippen LogP contribution in [0.2, 0.25) is 0 Å². The minimum atomic E-state index is 0. The number of methoxy groups -OCH3 is 2. The number of hydrogen-bond donors (Lipinski definition) is 1. The first-order valence-corrected chi connectivity index (χ1v) is 21.4. The lowest BCUT2D eigenvalue weighted by Gasteiger charge is -2.25. The molecule has 0 amide bonds. The zero-order chi connectivity index (χ0) is 42.0. The van der Waals surface area contributed by atoms with Crippen LogP contribution in [-0.2, 0) is 15.9 Å². The Bertz CT molecular complexity index is 2650. The first kappa shape index (κ1) is 44.1. The van der Waals surface area contributed by atoms with Crippen LogP contribution in [0.1, 0.15) is 36.9 Å². The summed E-state index contributed by atoms with van der Waals surface area (Å²) in [5.74, 6) is 2.58. The van der Waals surface area contributed by atoms with E-state index in [-0.39, 0.29) is 12.4 Å². The van der Waals surface area contributed by atoms with Crippen LogP contribution >= 0.6 is 28.3 Å². The SMILES string of the molecule is Brc1cc(-c2ccccc2)nn2ccnc12.COCC1CCCN1c1cccc(Cc2cc(-c3ccccc3)nn3ccnc23)n1.COCC1CCCN1c1cccc(N)n1.Cl. The Morgan fingerprint density at radius 2 is 1.18 bits per heavy atom. The molecule has 8 heterocycles. The maximum absolute atomic E-state index is 5.68. The topological polar surface area (TPSA) is 137 Å². The molecule has 13 nitrogen and oxygen atoms in total. The molecule has 15 heteroatoms. The van der Waals surface area contributed by atoms with Gasteiger partial charge in [0.25, 0.3) is 0 Å². The number of imidazole rings is 2. The highest BCUT2D eigenvalue weighted by Crippen LogP contribution is 2.28. The molecule has 62 heavy (non-hydrogen) atoms. The van der Waals surface area contributed by atoms with Gasteiger partial charge in [0, 0.05) is 80.9 Å². The third kappa shape index (κ3) is 10.6. The molecule has 0 radical (unpaired) electrons. The lowest BCUT2D eigenvalue weighted by Crippen LogP contribution is -2.33. The summed E-state index contributed by atoms with van der Waals surface area (Å²) in [5, 5.41) is 9.22. The third-order valence-electron chi connectivity index (χ3n) is 10.9. The molecule has 2 saturated heterocycles. The average molecular weight is 917 g/mol. The van der Waals surface area contributed by atoms with Gasteiger partial charge < -0.3 is 25.0 Å². The van der Waals surface area contributed by atoms with E-state index in [0.717, 1.165) is 93.9 Å². The van der Waals surface area contributed by atoms with Gasteiger partial charge in [-0.25, -0.2) is 29.0 Å². The second-order valence-electron chi connectivity index (χ2n) is 15.0. The summed E-state index contributed by atoms with van der Waals surface area (Å²) in [6.07, 6.45) is 12.7. The highest BCUT2D eigenvalue weighted by molar-refractivity contribution is 9.10. The standard InChI is InChI=1S/C24H25N5O.C12H8BrN3.C11H17N3O.ClH/c1-30-17-21-10-6-13-28(21)23-11-5-9-20(26-23)15-19-16-22(18-7-3-2-4-8-18)27-29-14-12-25-24(19)29;13-10-8-11(9-4-2-1-3-5-9)15-16-7-6-14-12(10)16;1-15-8-9-4-3-7-14(9)11-6-2-5-10(12)13-11;/h2-5,7-9,11-12,14,16,21H,6,10,13,15,17H2,1H3;1-8H;2,5-6,9H,3-4,7-8H2,1H3,(H2,12,13);1H. The van der Waals surface area contributed by atoms with Crippen molar-refractivity contribution in [2.75, 3.05) is 56.1 Å². The van der Waals surface area contributed by atoms with Gasteiger partial charge in [0.05, 0.1) is 41.2 Å². The first-order chi connectivity index (χ1) is 30.0. The first-order valence-electron chi connectivity index (χ1n) is 20.6. The predicted molar refractivity (Wildman–Crippen MR) is 252 cm³/mol. The Kier molecular flexibility index (Phi) is 15.1. The van der Waals surface area contributed by atoms with E-state index in [4.69, 9.17) is 25.3 Å². The van der Waals surface area contributed by atoms with Crippen molar-refractivity contribution in [1.29, 1.82) is 0 Å². The molecule has 2 fully saturated rings. The number of nitrogen functional groups attached to an aromatic ring is 1. The molecule has 0 bridgehead atoms. The van der Waals surface area contributed by atoms with E-state index in [1.54, 1.807) is 31.1 Å². The fourth-order valence-electron chi connectivity index (χ4n) is 8.02. The van der Waals surface area contributed by atoms with E-state index in [0.29, 0.717) is 24.3 Å². The highest BCUT2D eigenvalue weighted by atomic mass is 79.9. The van der Waals surface area contributed by atoms with Crippen LogP contribution in [0, 0.1) is 0 Å². The number of nitrogens with zero attached hydrogens (tertiary/aromatic N) is 10. The molecule has 2 aliphatic heterocycles. The lowest BCUT2D eigenvalue weighted by atomic mass is 10.1. The Balaban J connectivity index is 0.000000153. The lowest BCUT2D eigenvalue weighted by molar-refractivity contribution is 0.180. The largest absolute Gasteiger partial charge is 0.384 e. The summed E-state index contributed by atoms with van der Waals surface area (Å²) < 4.78 is 15.2. The normalized spacial score (nSPS) is 15.8. The molecule has 0 aliphatic carbocycles. The van der Waals surface area contributed by atoms with Crippen molar-refractivity contribution in [1.82, 2.24) is 39.2 Å². The zero-order valence-electron chi connectivity index (χ0n) is 34.9. The Morgan fingerprint density at radius 1 is 0.645 bits per heavy atom. The van der Waals surface area contributed by atoms with Gasteiger partial charge in [-0.15, -0.1) is 12.4 Å². The molecule has 10 rings (SSSR count). The van der Waals surface area contributed by atoms with Gasteiger partial charge in [0.1, 0.15) is 17.5 Å². The van der Waals surface area contributed by atoms with Crippen molar-refractivity contribution in [3.8, 4) is 22.5 Å². The third-order valence-corrected chi connectivity index (χ3v) is 11.5. The molecule has 320 valence electrons. The second kappa shape index (κ2) is 21.2. The van der Waals surface area contributed by atoms with Crippen LogP contribution in [-0.4, -0.2) is 91.8 Å². The molecule has 2 atom stereocenters. The molecule has 6 aromatic heterocycles. The van der Waals surface area contributed by atoms with Crippen molar-refractivity contribution >= 4 is 57.1 Å². The van der Waals surface area contributed by atoms with Gasteiger partial charge in [-0.1, -0.05) is 72.8 Å².